The first-order chi connectivity index (χ1) is 9.55. The van der Waals surface area contributed by atoms with E-state index in [-0.39, 0.29) is 5.91 Å². The molecule has 0 bridgehead atoms. The summed E-state index contributed by atoms with van der Waals surface area (Å²) in [6, 6.07) is 5.28. The number of halogens is 1. The lowest BCUT2D eigenvalue weighted by Gasteiger charge is -2.34. The Morgan fingerprint density at radius 3 is 2.35 bits per heavy atom. The van der Waals surface area contributed by atoms with Crippen LogP contribution in [0.25, 0.3) is 0 Å². The topological polar surface area (TPSA) is 38.8 Å². The Labute approximate surface area is 128 Å². The minimum Gasteiger partial charge on any atom is -0.497 e. The van der Waals surface area contributed by atoms with Gasteiger partial charge in [0.25, 0.3) is 5.91 Å². The first-order valence-corrected chi connectivity index (χ1v) is 7.63. The summed E-state index contributed by atoms with van der Waals surface area (Å²) >= 11 is 3.65. The highest BCUT2D eigenvalue weighted by Gasteiger charge is 2.28. The van der Waals surface area contributed by atoms with Crippen LogP contribution < -0.4 is 9.47 Å². The molecule has 2 rings (SSSR count). The molecule has 1 saturated heterocycles. The van der Waals surface area contributed by atoms with E-state index in [9.17, 15) is 4.79 Å². The Morgan fingerprint density at radius 1 is 1.25 bits per heavy atom. The van der Waals surface area contributed by atoms with Crippen LogP contribution in [0.3, 0.4) is 0 Å². The molecule has 110 valence electrons. The molecule has 2 atom stereocenters. The van der Waals surface area contributed by atoms with E-state index in [0.29, 0.717) is 27.8 Å². The summed E-state index contributed by atoms with van der Waals surface area (Å²) in [5, 5.41) is 0. The van der Waals surface area contributed by atoms with Gasteiger partial charge in [0.2, 0.25) is 0 Å². The number of amides is 1. The molecule has 2 unspecified atom stereocenters. The Bertz CT molecular complexity index is 470. The number of carbonyl (C=O) groups is 1. The third kappa shape index (κ3) is 3.26. The van der Waals surface area contributed by atoms with Crippen LogP contribution in [0.1, 0.15) is 23.7 Å². The van der Waals surface area contributed by atoms with Crippen LogP contribution in [0, 0.1) is 5.92 Å². The van der Waals surface area contributed by atoms with Crippen LogP contribution in [0.4, 0.5) is 0 Å². The molecule has 0 aromatic heterocycles. The number of nitrogens with zero attached hydrogens (tertiary/aromatic N) is 1. The van der Waals surface area contributed by atoms with Crippen molar-refractivity contribution in [1.29, 1.82) is 0 Å². The zero-order valence-electron chi connectivity index (χ0n) is 12.1. The Morgan fingerprint density at radius 2 is 1.85 bits per heavy atom. The highest BCUT2D eigenvalue weighted by molar-refractivity contribution is 9.09. The van der Waals surface area contributed by atoms with E-state index in [0.717, 1.165) is 19.5 Å². The highest BCUT2D eigenvalue weighted by atomic mass is 79.9. The van der Waals surface area contributed by atoms with Gasteiger partial charge in [-0.05, 0) is 24.5 Å². The number of methoxy groups -OCH3 is 2. The molecule has 0 saturated carbocycles. The number of ether oxygens (including phenoxy) is 2. The van der Waals surface area contributed by atoms with Crippen molar-refractivity contribution < 1.29 is 14.3 Å². The molecule has 5 heteroatoms. The van der Waals surface area contributed by atoms with E-state index in [1.165, 1.54) is 0 Å². The van der Waals surface area contributed by atoms with Crippen molar-refractivity contribution in [2.75, 3.05) is 27.3 Å². The van der Waals surface area contributed by atoms with Crippen LogP contribution in [0.15, 0.2) is 18.2 Å². The normalized spacial score (nSPS) is 22.5. The Kier molecular flexibility index (Phi) is 4.91. The van der Waals surface area contributed by atoms with E-state index < -0.39 is 0 Å². The average molecular weight is 342 g/mol. The zero-order chi connectivity index (χ0) is 14.7. The molecule has 0 radical (unpaired) electrons. The molecule has 0 N–H and O–H groups in total. The van der Waals surface area contributed by atoms with E-state index in [2.05, 4.69) is 22.9 Å². The third-order valence-electron chi connectivity index (χ3n) is 3.75. The number of piperidine rings is 1. The number of carbonyl (C=O) groups excluding carboxylic acids is 1. The molecule has 1 aromatic carbocycles. The number of hydrogen-bond acceptors (Lipinski definition) is 3. The summed E-state index contributed by atoms with van der Waals surface area (Å²) < 4.78 is 10.4. The van der Waals surface area contributed by atoms with Crippen LogP contribution in [0.5, 0.6) is 11.5 Å². The first kappa shape index (κ1) is 15.2. The van der Waals surface area contributed by atoms with Crippen LogP contribution in [0.2, 0.25) is 0 Å². The quantitative estimate of drug-likeness (QED) is 0.793. The predicted molar refractivity (Wildman–Crippen MR) is 81.9 cm³/mol. The molecule has 1 aliphatic heterocycles. The van der Waals surface area contributed by atoms with Gasteiger partial charge in [0.15, 0.2) is 0 Å². The van der Waals surface area contributed by atoms with E-state index in [4.69, 9.17) is 9.47 Å². The Balaban J connectivity index is 2.20. The van der Waals surface area contributed by atoms with Crippen LogP contribution in [-0.2, 0) is 0 Å². The summed E-state index contributed by atoms with van der Waals surface area (Å²) in [4.78, 5) is 14.8. The molecule has 0 spiro atoms. The highest BCUT2D eigenvalue weighted by Crippen LogP contribution is 2.27. The summed E-state index contributed by atoms with van der Waals surface area (Å²) in [6.07, 6.45) is 1.02. The summed E-state index contributed by atoms with van der Waals surface area (Å²) in [5.41, 5.74) is 0.607. The number of rotatable bonds is 3. The lowest BCUT2D eigenvalue weighted by Crippen LogP contribution is -2.43. The van der Waals surface area contributed by atoms with Gasteiger partial charge >= 0.3 is 0 Å². The maximum atomic E-state index is 12.6. The van der Waals surface area contributed by atoms with Gasteiger partial charge < -0.3 is 14.4 Å². The predicted octanol–water partition coefficient (Wildman–Crippen LogP) is 2.95. The summed E-state index contributed by atoms with van der Waals surface area (Å²) in [5.74, 6) is 1.89. The Hall–Kier alpha value is -1.23. The maximum Gasteiger partial charge on any atom is 0.254 e. The van der Waals surface area contributed by atoms with Gasteiger partial charge in [-0.1, -0.05) is 22.9 Å². The molecule has 0 aliphatic carbocycles. The molecule has 1 fully saturated rings. The molecular weight excluding hydrogens is 322 g/mol. The lowest BCUT2D eigenvalue weighted by molar-refractivity contribution is 0.0705. The van der Waals surface area contributed by atoms with Gasteiger partial charge in [-0.25, -0.2) is 0 Å². The summed E-state index contributed by atoms with van der Waals surface area (Å²) in [6.45, 7) is 3.73. The van der Waals surface area contributed by atoms with Gasteiger partial charge in [-0.15, -0.1) is 0 Å². The second-order valence-corrected chi connectivity index (χ2v) is 6.31. The number of alkyl halides is 1. The average Bonchev–Trinajstić information content (AvgIpc) is 2.48. The second kappa shape index (κ2) is 6.48. The zero-order valence-corrected chi connectivity index (χ0v) is 13.6. The van der Waals surface area contributed by atoms with Crippen LogP contribution >= 0.6 is 15.9 Å². The fourth-order valence-corrected chi connectivity index (χ4v) is 2.93. The molecule has 1 heterocycles. The lowest BCUT2D eigenvalue weighted by atomic mass is 9.98. The number of hydrogen-bond donors (Lipinski definition) is 0. The van der Waals surface area contributed by atoms with Crippen molar-refractivity contribution in [2.45, 2.75) is 18.2 Å². The molecule has 1 amide bonds. The maximum absolute atomic E-state index is 12.6. The monoisotopic (exact) mass is 341 g/mol. The van der Waals surface area contributed by atoms with Crippen molar-refractivity contribution >= 4 is 21.8 Å². The fourth-order valence-electron chi connectivity index (χ4n) is 2.32. The second-order valence-electron chi connectivity index (χ2n) is 5.13. The van der Waals surface area contributed by atoms with Crippen LogP contribution in [-0.4, -0.2) is 42.9 Å². The van der Waals surface area contributed by atoms with Crippen molar-refractivity contribution in [1.82, 2.24) is 4.90 Å². The molecule has 4 nitrogen and oxygen atoms in total. The largest absolute Gasteiger partial charge is 0.497 e. The SMILES string of the molecule is COc1cc(OC)cc(C(=O)N2CCC(C)C(Br)C2)c1. The van der Waals surface area contributed by atoms with Gasteiger partial charge in [0, 0.05) is 29.5 Å². The van der Waals surface area contributed by atoms with Gasteiger partial charge in [0.05, 0.1) is 14.2 Å². The van der Waals surface area contributed by atoms with Crippen molar-refractivity contribution in [3.8, 4) is 11.5 Å². The van der Waals surface area contributed by atoms with E-state index in [1.54, 1.807) is 32.4 Å². The fraction of sp³-hybridized carbons (Fsp3) is 0.533. The van der Waals surface area contributed by atoms with E-state index in [1.807, 2.05) is 4.90 Å². The third-order valence-corrected chi connectivity index (χ3v) is 4.94. The smallest absolute Gasteiger partial charge is 0.254 e. The molecular formula is C15H20BrNO3. The van der Waals surface area contributed by atoms with Gasteiger partial charge in [-0.2, -0.15) is 0 Å². The van der Waals surface area contributed by atoms with Crippen molar-refractivity contribution in [3.63, 3.8) is 0 Å². The minimum absolute atomic E-state index is 0.0264. The standard InChI is InChI=1S/C15H20BrNO3/c1-10-4-5-17(9-14(10)16)15(18)11-6-12(19-2)8-13(7-11)20-3/h6-8,10,14H,4-5,9H2,1-3H3. The van der Waals surface area contributed by atoms with Crippen molar-refractivity contribution in [3.05, 3.63) is 23.8 Å². The molecule has 1 aromatic rings. The first-order valence-electron chi connectivity index (χ1n) is 6.71. The van der Waals surface area contributed by atoms with Gasteiger partial charge in [0.1, 0.15) is 11.5 Å². The van der Waals surface area contributed by atoms with E-state index >= 15 is 0 Å². The number of likely N-dealkylation sites (tertiary alicyclic amines) is 1. The molecule has 20 heavy (non-hydrogen) atoms. The summed E-state index contributed by atoms with van der Waals surface area (Å²) in [7, 11) is 3.17. The minimum atomic E-state index is 0.0264. The number of benzene rings is 1. The molecule has 1 aliphatic rings. The van der Waals surface area contributed by atoms with Crippen molar-refractivity contribution in [2.24, 2.45) is 5.92 Å². The van der Waals surface area contributed by atoms with Gasteiger partial charge in [-0.3, -0.25) is 4.79 Å².